The van der Waals surface area contributed by atoms with Gasteiger partial charge in [-0.3, -0.25) is 0 Å². The Morgan fingerprint density at radius 2 is 1.70 bits per heavy atom. The number of aliphatic carboxylic acids is 1. The number of nitrogens with one attached hydrogen (secondary N) is 1. The number of aromatic nitrogens is 1. The Labute approximate surface area is 211 Å². The fraction of sp³-hybridized carbons (Fsp3) is 0.778. The highest BCUT2D eigenvalue weighted by Crippen LogP contribution is 2.22. The summed E-state index contributed by atoms with van der Waals surface area (Å²) in [6, 6.07) is -0.607. The molecule has 0 spiro atoms. The number of rotatable bonds is 19. The number of carbonyl (C=O) groups is 1. The van der Waals surface area contributed by atoms with E-state index in [1.165, 1.54) is 68.3 Å². The van der Waals surface area contributed by atoms with Crippen LogP contribution < -0.4 is 5.32 Å². The second-order valence-electron chi connectivity index (χ2n) is 10.2. The first-order valence-electron chi connectivity index (χ1n) is 12.8. The van der Waals surface area contributed by atoms with Crippen molar-refractivity contribution in [2.75, 3.05) is 16.8 Å². The summed E-state index contributed by atoms with van der Waals surface area (Å²) in [7, 11) is 0. The van der Waals surface area contributed by atoms with Crippen LogP contribution in [0.15, 0.2) is 17.0 Å². The number of hydrogen-bond acceptors (Lipinski definition) is 5. The minimum absolute atomic E-state index is 0.530. The van der Waals surface area contributed by atoms with E-state index in [0.717, 1.165) is 34.9 Å². The number of thiazole rings is 1. The molecule has 0 aliphatic heterocycles. The molecule has 190 valence electrons. The highest BCUT2D eigenvalue weighted by atomic mass is 32.2. The van der Waals surface area contributed by atoms with Crippen LogP contribution in [0.25, 0.3) is 0 Å². The van der Waals surface area contributed by atoms with Gasteiger partial charge in [0.05, 0.1) is 5.01 Å². The van der Waals surface area contributed by atoms with Gasteiger partial charge in [0.2, 0.25) is 0 Å². The molecule has 4 nitrogen and oxygen atoms in total. The van der Waals surface area contributed by atoms with E-state index in [-0.39, 0.29) is 0 Å². The van der Waals surface area contributed by atoms with Crippen LogP contribution in [0.1, 0.15) is 97.4 Å². The van der Waals surface area contributed by atoms with Crippen molar-refractivity contribution >= 4 is 34.9 Å². The molecular formula is C27H48N2O2S2. The standard InChI is InChI=1S/C27H48N2O2S2/c1-20(2)10-7-11-21(3)12-8-13-22(4)14-9-15-23(5)16-17-32-18-25(27(30)31)29-26-19-33-24(6)28-26/h16,19-22,25,29H,7-15,17-18H2,1-6H3,(H,30,31). The smallest absolute Gasteiger partial charge is 0.327 e. The molecule has 0 amide bonds. The summed E-state index contributed by atoms with van der Waals surface area (Å²) in [6.07, 6.45) is 14.2. The summed E-state index contributed by atoms with van der Waals surface area (Å²) in [6.45, 7) is 13.6. The maximum absolute atomic E-state index is 11.5. The maximum Gasteiger partial charge on any atom is 0.327 e. The van der Waals surface area contributed by atoms with E-state index in [4.69, 9.17) is 0 Å². The average molecular weight is 497 g/mol. The summed E-state index contributed by atoms with van der Waals surface area (Å²) in [5, 5.41) is 15.3. The molecule has 0 aliphatic rings. The third kappa shape index (κ3) is 15.5. The maximum atomic E-state index is 11.5. The second-order valence-corrected chi connectivity index (χ2v) is 12.4. The van der Waals surface area contributed by atoms with Crippen LogP contribution in [0, 0.1) is 24.7 Å². The third-order valence-electron chi connectivity index (χ3n) is 6.21. The van der Waals surface area contributed by atoms with Gasteiger partial charge in [0.25, 0.3) is 0 Å². The van der Waals surface area contributed by atoms with Crippen LogP contribution in [-0.2, 0) is 4.79 Å². The Hall–Kier alpha value is -1.01. The lowest BCUT2D eigenvalue weighted by molar-refractivity contribution is -0.137. The van der Waals surface area contributed by atoms with Gasteiger partial charge in [-0.25, -0.2) is 9.78 Å². The zero-order chi connectivity index (χ0) is 24.6. The highest BCUT2D eigenvalue weighted by molar-refractivity contribution is 7.99. The highest BCUT2D eigenvalue weighted by Gasteiger charge is 2.18. The molecule has 0 fully saturated rings. The van der Waals surface area contributed by atoms with Gasteiger partial charge >= 0.3 is 5.97 Å². The summed E-state index contributed by atoms with van der Waals surface area (Å²) in [5.41, 5.74) is 1.42. The van der Waals surface area contributed by atoms with Crippen LogP contribution in [0.2, 0.25) is 0 Å². The van der Waals surface area contributed by atoms with Gasteiger partial charge in [-0.05, 0) is 44.4 Å². The van der Waals surface area contributed by atoms with Gasteiger partial charge in [0.1, 0.15) is 11.9 Å². The van der Waals surface area contributed by atoms with Crippen molar-refractivity contribution < 1.29 is 9.90 Å². The molecule has 0 saturated carbocycles. The van der Waals surface area contributed by atoms with E-state index in [2.05, 4.69) is 51.0 Å². The van der Waals surface area contributed by atoms with Crippen LogP contribution in [0.3, 0.4) is 0 Å². The Kier molecular flexibility index (Phi) is 15.9. The number of allylic oxidation sites excluding steroid dienone is 1. The zero-order valence-corrected chi connectivity index (χ0v) is 23.5. The lowest BCUT2D eigenvalue weighted by atomic mass is 9.91. The summed E-state index contributed by atoms with van der Waals surface area (Å²) in [5.74, 6) is 3.75. The summed E-state index contributed by atoms with van der Waals surface area (Å²) in [4.78, 5) is 15.8. The fourth-order valence-corrected chi connectivity index (χ4v) is 5.53. The Balaban J connectivity index is 2.13. The molecule has 1 aromatic rings. The first kappa shape index (κ1) is 30.0. The number of hydrogen-bond donors (Lipinski definition) is 2. The van der Waals surface area contributed by atoms with Crippen LogP contribution in [-0.4, -0.2) is 33.6 Å². The molecule has 6 heteroatoms. The second kappa shape index (κ2) is 17.4. The van der Waals surface area contributed by atoms with E-state index in [1.54, 1.807) is 11.8 Å². The molecule has 0 saturated heterocycles. The SMILES string of the molecule is CC(=CCSCC(Nc1csc(C)n1)C(=O)O)CCCC(C)CCCC(C)CCCC(C)C. The quantitative estimate of drug-likeness (QED) is 0.149. The first-order chi connectivity index (χ1) is 15.7. The Bertz CT molecular complexity index is 687. The van der Waals surface area contributed by atoms with Crippen molar-refractivity contribution in [2.45, 2.75) is 105 Å². The number of carboxylic acids is 1. The van der Waals surface area contributed by atoms with E-state index < -0.39 is 12.0 Å². The molecule has 0 radical (unpaired) electrons. The number of carboxylic acid groups (broad SMARTS) is 1. The topological polar surface area (TPSA) is 62.2 Å². The molecule has 1 aromatic heterocycles. The van der Waals surface area contributed by atoms with E-state index >= 15 is 0 Å². The number of anilines is 1. The minimum Gasteiger partial charge on any atom is -0.480 e. The summed E-state index contributed by atoms with van der Waals surface area (Å²) < 4.78 is 0. The fourth-order valence-electron chi connectivity index (χ4n) is 3.98. The predicted molar refractivity (Wildman–Crippen MR) is 148 cm³/mol. The normalized spacial score (nSPS) is 14.9. The van der Waals surface area contributed by atoms with Gasteiger partial charge in [-0.15, -0.1) is 11.3 Å². The van der Waals surface area contributed by atoms with Gasteiger partial charge in [0, 0.05) is 16.9 Å². The summed E-state index contributed by atoms with van der Waals surface area (Å²) >= 11 is 3.19. The van der Waals surface area contributed by atoms with E-state index in [9.17, 15) is 9.90 Å². The third-order valence-corrected chi connectivity index (χ3v) is 7.96. The Morgan fingerprint density at radius 1 is 1.09 bits per heavy atom. The molecular weight excluding hydrogens is 448 g/mol. The van der Waals surface area contributed by atoms with Crippen molar-refractivity contribution in [1.29, 1.82) is 0 Å². The van der Waals surface area contributed by atoms with Crippen molar-refractivity contribution in [3.63, 3.8) is 0 Å². The molecule has 3 unspecified atom stereocenters. The molecule has 3 atom stereocenters. The first-order valence-corrected chi connectivity index (χ1v) is 14.9. The van der Waals surface area contributed by atoms with E-state index in [1.807, 2.05) is 12.3 Å². The Morgan fingerprint density at radius 3 is 2.24 bits per heavy atom. The van der Waals surface area contributed by atoms with Crippen molar-refractivity contribution in [1.82, 2.24) is 4.98 Å². The zero-order valence-electron chi connectivity index (χ0n) is 21.9. The number of thioether (sulfide) groups is 1. The molecule has 1 heterocycles. The van der Waals surface area contributed by atoms with Crippen LogP contribution in [0.5, 0.6) is 0 Å². The average Bonchev–Trinajstić information content (AvgIpc) is 3.14. The van der Waals surface area contributed by atoms with Gasteiger partial charge < -0.3 is 10.4 Å². The van der Waals surface area contributed by atoms with Crippen molar-refractivity contribution in [3.05, 3.63) is 22.0 Å². The lowest BCUT2D eigenvalue weighted by Crippen LogP contribution is -2.31. The minimum atomic E-state index is -0.826. The van der Waals surface area contributed by atoms with Gasteiger partial charge in [-0.1, -0.05) is 84.3 Å². The molecule has 1 rings (SSSR count). The number of aryl methyl sites for hydroxylation is 1. The van der Waals surface area contributed by atoms with Crippen molar-refractivity contribution in [3.8, 4) is 0 Å². The van der Waals surface area contributed by atoms with Crippen LogP contribution >= 0.6 is 23.1 Å². The predicted octanol–water partition coefficient (Wildman–Crippen LogP) is 8.44. The van der Waals surface area contributed by atoms with Gasteiger partial charge in [0.15, 0.2) is 0 Å². The van der Waals surface area contributed by atoms with Crippen molar-refractivity contribution in [2.24, 2.45) is 17.8 Å². The monoisotopic (exact) mass is 496 g/mol. The van der Waals surface area contributed by atoms with E-state index in [0.29, 0.717) is 11.6 Å². The number of nitrogens with zero attached hydrogens (tertiary/aromatic N) is 1. The molecule has 2 N–H and O–H groups in total. The lowest BCUT2D eigenvalue weighted by Gasteiger charge is -2.15. The van der Waals surface area contributed by atoms with Crippen LogP contribution in [0.4, 0.5) is 5.82 Å². The molecule has 0 bridgehead atoms. The molecule has 0 aliphatic carbocycles. The molecule has 0 aromatic carbocycles. The largest absolute Gasteiger partial charge is 0.480 e. The molecule has 33 heavy (non-hydrogen) atoms. The van der Waals surface area contributed by atoms with Gasteiger partial charge in [-0.2, -0.15) is 11.8 Å².